The highest BCUT2D eigenvalue weighted by atomic mass is 19.1. The Balaban J connectivity index is 0.890. The van der Waals surface area contributed by atoms with Gasteiger partial charge in [-0.15, -0.1) is 0 Å². The number of amides is 2. The monoisotopic (exact) mass is 582 g/mol. The molecule has 15 heteroatoms. The molecule has 5 heterocycles. The molecule has 2 saturated heterocycles. The number of nitrogens with one attached hydrogen (secondary N) is 4. The maximum Gasteiger partial charge on any atom is 0.416 e. The van der Waals surface area contributed by atoms with Gasteiger partial charge in [0.25, 0.3) is 11.8 Å². The number of nitrogens with zero attached hydrogens (tertiary/aromatic N) is 4. The number of anilines is 2. The normalized spacial score (nSPS) is 28.5. The van der Waals surface area contributed by atoms with E-state index in [1.54, 1.807) is 0 Å². The Morgan fingerprint density at radius 1 is 1.17 bits per heavy atom. The summed E-state index contributed by atoms with van der Waals surface area (Å²) in [5.41, 5.74) is 0.187. The zero-order chi connectivity index (χ0) is 28.7. The highest BCUT2D eigenvalue weighted by Gasteiger charge is 2.55. The van der Waals surface area contributed by atoms with Crippen molar-refractivity contribution in [1.29, 1.82) is 0 Å². The fourth-order valence-electron chi connectivity index (χ4n) is 6.89. The topological polar surface area (TPSA) is 167 Å². The van der Waals surface area contributed by atoms with Crippen LogP contribution in [-0.2, 0) is 22.4 Å². The number of aliphatic hydroxyl groups excluding tert-OH is 1. The Morgan fingerprint density at radius 2 is 1.98 bits per heavy atom. The number of β-amino-alcohol motifs (C(OH)–C–C–N with tert-alkyl or cyclic N) is 1. The lowest BCUT2D eigenvalue weighted by Gasteiger charge is -2.43. The molecule has 13 nitrogen and oxygen atoms in total. The van der Waals surface area contributed by atoms with E-state index in [0.717, 1.165) is 0 Å². The van der Waals surface area contributed by atoms with Gasteiger partial charge in [-0.05, 0) is 42.9 Å². The molecule has 2 aromatic heterocycles. The number of fused-ring (bicyclic) bond motifs is 3. The average Bonchev–Trinajstić information content (AvgIpc) is 3.74. The van der Waals surface area contributed by atoms with Gasteiger partial charge in [0, 0.05) is 25.4 Å². The Bertz CT molecular complexity index is 1590. The van der Waals surface area contributed by atoms with Crippen molar-refractivity contribution in [1.82, 2.24) is 30.6 Å². The molecule has 1 unspecified atom stereocenters. The molecule has 5 aliphatic rings. The van der Waals surface area contributed by atoms with Crippen molar-refractivity contribution < 1.29 is 33.0 Å². The van der Waals surface area contributed by atoms with E-state index in [4.69, 9.17) is 9.47 Å². The van der Waals surface area contributed by atoms with Crippen molar-refractivity contribution in [3.63, 3.8) is 0 Å². The third kappa shape index (κ3) is 4.09. The second-order valence-corrected chi connectivity index (χ2v) is 11.9. The number of ether oxygens (including phenoxy) is 2. The summed E-state index contributed by atoms with van der Waals surface area (Å²) >= 11 is 0. The van der Waals surface area contributed by atoms with Gasteiger partial charge in [0.1, 0.15) is 22.5 Å². The van der Waals surface area contributed by atoms with Crippen LogP contribution in [0.1, 0.15) is 42.3 Å². The van der Waals surface area contributed by atoms with Gasteiger partial charge >= 0.3 is 6.09 Å². The Hall–Kier alpha value is -3.95. The van der Waals surface area contributed by atoms with Crippen molar-refractivity contribution >= 4 is 34.7 Å². The minimum Gasteiger partial charge on any atom is -0.465 e. The molecule has 3 aromatic rings. The second-order valence-electron chi connectivity index (χ2n) is 11.9. The summed E-state index contributed by atoms with van der Waals surface area (Å²) in [6, 6.07) is -0.176. The number of rotatable bonds is 5. The Kier molecular flexibility index (Phi) is 5.68. The van der Waals surface area contributed by atoms with Crippen LogP contribution in [0.15, 0.2) is 6.20 Å². The standard InChI is InChI=1S/C27H28F2N8O5/c28-19-14-1-11(2-15(14)20(29)22-21(19)35-23(36-22)16-3-13(38)7-31-16)6-30-12-4-27(5-12)10-37(26(40)42-27)17-8-32-25-24(33-17)34-18(39)9-41-25/h8,11-13,16,30-31,38H,1-7,9-10H2,(H,35,36)(H,33,34,39)/t12?,13-,16-,27?/m1/s1. The van der Waals surface area contributed by atoms with E-state index < -0.39 is 29.4 Å². The minimum atomic E-state index is -0.657. The van der Waals surface area contributed by atoms with Crippen LogP contribution in [-0.4, -0.2) is 81.0 Å². The molecular weight excluding hydrogens is 554 g/mol. The Labute approximate surface area is 237 Å². The fraction of sp³-hybridized carbons (Fsp3) is 0.519. The molecule has 220 valence electrons. The quantitative estimate of drug-likeness (QED) is 0.295. The maximum atomic E-state index is 15.5. The number of H-pyrrole nitrogens is 1. The molecule has 3 fully saturated rings. The van der Waals surface area contributed by atoms with Gasteiger partial charge in [0.05, 0.1) is 24.9 Å². The van der Waals surface area contributed by atoms with Crippen molar-refractivity contribution in [3.8, 4) is 5.88 Å². The van der Waals surface area contributed by atoms with Crippen LogP contribution in [0.2, 0.25) is 0 Å². The molecule has 0 bridgehead atoms. The van der Waals surface area contributed by atoms with Gasteiger partial charge in [-0.3, -0.25) is 9.69 Å². The molecule has 3 aliphatic heterocycles. The number of imidazole rings is 1. The van der Waals surface area contributed by atoms with E-state index in [1.807, 2.05) is 0 Å². The van der Waals surface area contributed by atoms with E-state index in [9.17, 15) is 14.7 Å². The molecule has 5 N–H and O–H groups in total. The SMILES string of the molecule is O=C1COc2ncc(N3CC4(CC(NCC5Cc6c(c(F)c7[nH]c([C@H]8C[C@@H](O)CN8)nc7c6F)C5)C4)OC3=O)nc2N1. The predicted octanol–water partition coefficient (Wildman–Crippen LogP) is 1.22. The zero-order valence-electron chi connectivity index (χ0n) is 22.4. The predicted molar refractivity (Wildman–Crippen MR) is 142 cm³/mol. The van der Waals surface area contributed by atoms with Crippen molar-refractivity contribution in [2.24, 2.45) is 5.92 Å². The van der Waals surface area contributed by atoms with E-state index >= 15 is 8.78 Å². The van der Waals surface area contributed by atoms with Gasteiger partial charge in [0.2, 0.25) is 0 Å². The largest absolute Gasteiger partial charge is 0.465 e. The number of carbonyl (C=O) groups is 2. The summed E-state index contributed by atoms with van der Waals surface area (Å²) in [5, 5.41) is 19.0. The summed E-state index contributed by atoms with van der Waals surface area (Å²) in [5.74, 6) is -0.215. The third-order valence-electron chi connectivity index (χ3n) is 8.97. The molecule has 2 amide bonds. The summed E-state index contributed by atoms with van der Waals surface area (Å²) in [4.78, 5) is 41.4. The van der Waals surface area contributed by atoms with E-state index in [-0.39, 0.29) is 59.1 Å². The van der Waals surface area contributed by atoms with Crippen LogP contribution in [0.25, 0.3) is 11.0 Å². The van der Waals surface area contributed by atoms with Crippen LogP contribution in [0, 0.1) is 17.6 Å². The van der Waals surface area contributed by atoms with Crippen LogP contribution in [0.4, 0.5) is 25.2 Å². The van der Waals surface area contributed by atoms with Gasteiger partial charge in [0.15, 0.2) is 29.9 Å². The third-order valence-corrected chi connectivity index (χ3v) is 8.97. The summed E-state index contributed by atoms with van der Waals surface area (Å²) < 4.78 is 41.9. The Morgan fingerprint density at radius 3 is 2.76 bits per heavy atom. The smallest absolute Gasteiger partial charge is 0.416 e. The van der Waals surface area contributed by atoms with E-state index in [1.165, 1.54) is 11.1 Å². The zero-order valence-corrected chi connectivity index (χ0v) is 22.4. The molecule has 1 spiro atoms. The molecule has 42 heavy (non-hydrogen) atoms. The van der Waals surface area contributed by atoms with E-state index in [2.05, 4.69) is 35.9 Å². The lowest BCUT2D eigenvalue weighted by Crippen LogP contribution is -2.56. The number of halogens is 2. The number of benzene rings is 1. The molecule has 8 rings (SSSR count). The number of hydrogen-bond acceptors (Lipinski definition) is 10. The van der Waals surface area contributed by atoms with Crippen LogP contribution >= 0.6 is 0 Å². The first-order chi connectivity index (χ1) is 20.2. The fourth-order valence-corrected chi connectivity index (χ4v) is 6.89. The minimum absolute atomic E-state index is 0.00473. The van der Waals surface area contributed by atoms with E-state index in [0.29, 0.717) is 68.7 Å². The number of aromatic amines is 1. The first kappa shape index (κ1) is 25.7. The number of aliphatic hydroxyl groups is 1. The maximum absolute atomic E-state index is 15.5. The van der Waals surface area contributed by atoms with Crippen LogP contribution in [0.5, 0.6) is 5.88 Å². The van der Waals surface area contributed by atoms with Gasteiger partial charge in [-0.2, -0.15) is 0 Å². The first-order valence-electron chi connectivity index (χ1n) is 14.1. The van der Waals surface area contributed by atoms with Gasteiger partial charge < -0.3 is 35.5 Å². The lowest BCUT2D eigenvalue weighted by atomic mass is 9.75. The van der Waals surface area contributed by atoms with Gasteiger partial charge in [-0.25, -0.2) is 28.5 Å². The summed E-state index contributed by atoms with van der Waals surface area (Å²) in [6.07, 6.45) is 2.81. The van der Waals surface area contributed by atoms with Crippen LogP contribution in [0.3, 0.4) is 0 Å². The highest BCUT2D eigenvalue weighted by molar-refractivity contribution is 5.95. The number of carbonyl (C=O) groups excluding carboxylic acids is 2. The summed E-state index contributed by atoms with van der Waals surface area (Å²) in [6.45, 7) is 1.15. The molecule has 3 atom stereocenters. The molecule has 1 aromatic carbocycles. The van der Waals surface area contributed by atoms with Crippen molar-refractivity contribution in [2.75, 3.05) is 36.5 Å². The number of aromatic nitrogens is 4. The summed E-state index contributed by atoms with van der Waals surface area (Å²) in [7, 11) is 0. The van der Waals surface area contributed by atoms with Crippen LogP contribution < -0.4 is 25.6 Å². The molecule has 1 saturated carbocycles. The molecular formula is C27H28F2N8O5. The first-order valence-corrected chi connectivity index (χ1v) is 14.1. The van der Waals surface area contributed by atoms with Gasteiger partial charge in [-0.1, -0.05) is 0 Å². The molecule has 0 radical (unpaired) electrons. The van der Waals surface area contributed by atoms with Crippen molar-refractivity contribution in [2.45, 2.75) is 55.9 Å². The second kappa shape index (κ2) is 9.28. The highest BCUT2D eigenvalue weighted by Crippen LogP contribution is 2.43. The van der Waals surface area contributed by atoms with Crippen molar-refractivity contribution in [3.05, 3.63) is 34.8 Å². The molecule has 2 aliphatic carbocycles. The average molecular weight is 583 g/mol. The lowest BCUT2D eigenvalue weighted by molar-refractivity contribution is -0.118. The number of hydrogen-bond donors (Lipinski definition) is 5.